The maximum atomic E-state index is 13.7. The van der Waals surface area contributed by atoms with Gasteiger partial charge in [-0.3, -0.25) is 14.9 Å². The molecule has 1 heterocycles. The standard InChI is InChI=1S/C18H16F4N4O3/c19-12-9-11(18(20,21)22)3-4-14(12)29-8-7-23-16(28)13-5-6-24-17(25-13)26-15(27)10-1-2-10/h3-6,9-10H,1-2,7-8H2,(H,23,28)(H,24,25,26,27). The number of amides is 2. The van der Waals surface area contributed by atoms with Gasteiger partial charge in [-0.15, -0.1) is 0 Å². The molecular weight excluding hydrogens is 396 g/mol. The largest absolute Gasteiger partial charge is 0.489 e. The number of carbonyl (C=O) groups excluding carboxylic acids is 2. The summed E-state index contributed by atoms with van der Waals surface area (Å²) < 4.78 is 56.3. The van der Waals surface area contributed by atoms with Crippen molar-refractivity contribution in [2.45, 2.75) is 19.0 Å². The highest BCUT2D eigenvalue weighted by atomic mass is 19.4. The Kier molecular flexibility index (Phi) is 5.95. The highest BCUT2D eigenvalue weighted by Crippen LogP contribution is 2.32. The Morgan fingerprint density at radius 3 is 2.62 bits per heavy atom. The monoisotopic (exact) mass is 412 g/mol. The molecule has 154 valence electrons. The smallest absolute Gasteiger partial charge is 0.416 e. The number of hydrogen-bond acceptors (Lipinski definition) is 5. The number of nitrogens with zero attached hydrogens (tertiary/aromatic N) is 2. The van der Waals surface area contributed by atoms with E-state index < -0.39 is 23.5 Å². The second kappa shape index (κ2) is 8.41. The molecule has 0 radical (unpaired) electrons. The van der Waals surface area contributed by atoms with E-state index in [0.29, 0.717) is 12.1 Å². The number of rotatable bonds is 7. The van der Waals surface area contributed by atoms with Gasteiger partial charge < -0.3 is 10.1 Å². The Bertz CT molecular complexity index is 916. The van der Waals surface area contributed by atoms with Crippen LogP contribution in [0.3, 0.4) is 0 Å². The molecule has 0 atom stereocenters. The quantitative estimate of drug-likeness (QED) is 0.539. The van der Waals surface area contributed by atoms with E-state index in [-0.39, 0.29) is 42.4 Å². The first-order chi connectivity index (χ1) is 13.7. The maximum absolute atomic E-state index is 13.7. The molecule has 1 aromatic heterocycles. The number of halogens is 4. The molecule has 1 aromatic carbocycles. The normalized spacial score (nSPS) is 13.7. The van der Waals surface area contributed by atoms with Crippen molar-refractivity contribution in [1.29, 1.82) is 0 Å². The minimum atomic E-state index is -4.65. The van der Waals surface area contributed by atoms with Crippen LogP contribution in [-0.2, 0) is 11.0 Å². The molecule has 0 saturated heterocycles. The molecule has 0 unspecified atom stereocenters. The lowest BCUT2D eigenvalue weighted by molar-refractivity contribution is -0.137. The maximum Gasteiger partial charge on any atom is 0.416 e. The lowest BCUT2D eigenvalue weighted by Gasteiger charge is -2.11. The fourth-order valence-corrected chi connectivity index (χ4v) is 2.31. The molecule has 2 aromatic rings. The zero-order chi connectivity index (χ0) is 21.0. The van der Waals surface area contributed by atoms with Crippen molar-refractivity contribution >= 4 is 17.8 Å². The third-order valence-corrected chi connectivity index (χ3v) is 3.98. The third-order valence-electron chi connectivity index (χ3n) is 3.98. The zero-order valence-corrected chi connectivity index (χ0v) is 14.9. The summed E-state index contributed by atoms with van der Waals surface area (Å²) in [7, 11) is 0. The molecule has 0 spiro atoms. The average molecular weight is 412 g/mol. The highest BCUT2D eigenvalue weighted by Gasteiger charge is 2.31. The Balaban J connectivity index is 1.48. The second-order valence-electron chi connectivity index (χ2n) is 6.28. The molecule has 29 heavy (non-hydrogen) atoms. The van der Waals surface area contributed by atoms with E-state index >= 15 is 0 Å². The number of hydrogen-bond donors (Lipinski definition) is 2. The van der Waals surface area contributed by atoms with Crippen LogP contribution < -0.4 is 15.4 Å². The molecule has 1 fully saturated rings. The summed E-state index contributed by atoms with van der Waals surface area (Å²) >= 11 is 0. The molecule has 0 aliphatic heterocycles. The van der Waals surface area contributed by atoms with Gasteiger partial charge in [-0.2, -0.15) is 13.2 Å². The van der Waals surface area contributed by atoms with Crippen molar-refractivity contribution in [3.05, 3.63) is 47.5 Å². The minimum absolute atomic E-state index is 0.00630. The van der Waals surface area contributed by atoms with Crippen LogP contribution in [0, 0.1) is 11.7 Å². The number of nitrogens with one attached hydrogen (secondary N) is 2. The summed E-state index contributed by atoms with van der Waals surface area (Å²) in [5.41, 5.74) is -1.11. The molecule has 2 amide bonds. The van der Waals surface area contributed by atoms with E-state index in [0.717, 1.165) is 18.9 Å². The summed E-state index contributed by atoms with van der Waals surface area (Å²) in [6.45, 7) is -0.225. The Labute approximate surface area is 162 Å². The predicted octanol–water partition coefficient (Wildman–Crippen LogP) is 2.79. The van der Waals surface area contributed by atoms with E-state index in [1.54, 1.807) is 0 Å². The molecule has 0 bridgehead atoms. The molecule has 11 heteroatoms. The number of aromatic nitrogens is 2. The number of ether oxygens (including phenoxy) is 1. The lowest BCUT2D eigenvalue weighted by Crippen LogP contribution is -2.29. The molecule has 1 aliphatic rings. The van der Waals surface area contributed by atoms with Crippen LogP contribution in [0.25, 0.3) is 0 Å². The predicted molar refractivity (Wildman–Crippen MR) is 92.6 cm³/mol. The first-order valence-electron chi connectivity index (χ1n) is 8.65. The minimum Gasteiger partial charge on any atom is -0.489 e. The van der Waals surface area contributed by atoms with E-state index in [2.05, 4.69) is 20.6 Å². The van der Waals surface area contributed by atoms with Crippen molar-refractivity contribution in [3.8, 4) is 5.75 Å². The van der Waals surface area contributed by atoms with Crippen molar-refractivity contribution in [3.63, 3.8) is 0 Å². The van der Waals surface area contributed by atoms with Crippen LogP contribution in [0.2, 0.25) is 0 Å². The van der Waals surface area contributed by atoms with Gasteiger partial charge in [-0.1, -0.05) is 0 Å². The number of carbonyl (C=O) groups is 2. The third kappa shape index (κ3) is 5.62. The summed E-state index contributed by atoms with van der Waals surface area (Å²) in [6, 6.07) is 3.26. The summed E-state index contributed by atoms with van der Waals surface area (Å²) in [4.78, 5) is 31.6. The van der Waals surface area contributed by atoms with Crippen LogP contribution in [0.1, 0.15) is 28.9 Å². The van der Waals surface area contributed by atoms with Gasteiger partial charge in [0.2, 0.25) is 11.9 Å². The molecule has 3 rings (SSSR count). The molecule has 2 N–H and O–H groups in total. The Morgan fingerprint density at radius 2 is 1.97 bits per heavy atom. The van der Waals surface area contributed by atoms with Gasteiger partial charge >= 0.3 is 6.18 Å². The Hall–Kier alpha value is -3.24. The number of benzene rings is 1. The van der Waals surface area contributed by atoms with E-state index in [1.165, 1.54) is 12.3 Å². The molecule has 1 saturated carbocycles. The second-order valence-corrected chi connectivity index (χ2v) is 6.28. The van der Waals surface area contributed by atoms with Crippen LogP contribution in [0.15, 0.2) is 30.5 Å². The SMILES string of the molecule is O=C(NCCOc1ccc(C(F)(F)F)cc1F)c1ccnc(NC(=O)C2CC2)n1. The topological polar surface area (TPSA) is 93.2 Å². The van der Waals surface area contributed by atoms with Gasteiger partial charge in [0.15, 0.2) is 11.6 Å². The van der Waals surface area contributed by atoms with E-state index in [1.807, 2.05) is 0 Å². The van der Waals surface area contributed by atoms with Crippen LogP contribution in [0.5, 0.6) is 5.75 Å². The zero-order valence-electron chi connectivity index (χ0n) is 14.9. The van der Waals surface area contributed by atoms with Crippen molar-refractivity contribution < 1.29 is 31.9 Å². The van der Waals surface area contributed by atoms with Crippen molar-refractivity contribution in [2.24, 2.45) is 5.92 Å². The first-order valence-corrected chi connectivity index (χ1v) is 8.65. The summed E-state index contributed by atoms with van der Waals surface area (Å²) in [5.74, 6) is -2.32. The Morgan fingerprint density at radius 1 is 1.21 bits per heavy atom. The van der Waals surface area contributed by atoms with Gasteiger partial charge in [0.25, 0.3) is 5.91 Å². The van der Waals surface area contributed by atoms with Crippen molar-refractivity contribution in [1.82, 2.24) is 15.3 Å². The van der Waals surface area contributed by atoms with Gasteiger partial charge in [0.1, 0.15) is 12.3 Å². The van der Waals surface area contributed by atoms with Gasteiger partial charge in [-0.25, -0.2) is 14.4 Å². The highest BCUT2D eigenvalue weighted by molar-refractivity contribution is 5.94. The summed E-state index contributed by atoms with van der Waals surface area (Å²) in [5, 5.41) is 4.99. The van der Waals surface area contributed by atoms with E-state index in [4.69, 9.17) is 4.74 Å². The fourth-order valence-electron chi connectivity index (χ4n) is 2.31. The van der Waals surface area contributed by atoms with Gasteiger partial charge in [0, 0.05) is 12.1 Å². The fraction of sp³-hybridized carbons (Fsp3) is 0.333. The van der Waals surface area contributed by atoms with E-state index in [9.17, 15) is 27.2 Å². The van der Waals surface area contributed by atoms with Crippen LogP contribution in [0.4, 0.5) is 23.5 Å². The van der Waals surface area contributed by atoms with Crippen molar-refractivity contribution in [2.75, 3.05) is 18.5 Å². The van der Waals surface area contributed by atoms with Gasteiger partial charge in [-0.05, 0) is 37.1 Å². The first kappa shape index (κ1) is 20.5. The molecule has 7 nitrogen and oxygen atoms in total. The number of anilines is 1. The van der Waals surface area contributed by atoms with Crippen LogP contribution >= 0.6 is 0 Å². The summed E-state index contributed by atoms with van der Waals surface area (Å²) in [6.07, 6.45) is -1.71. The van der Waals surface area contributed by atoms with Gasteiger partial charge in [0.05, 0.1) is 12.1 Å². The average Bonchev–Trinajstić information content (AvgIpc) is 3.51. The number of alkyl halides is 3. The lowest BCUT2D eigenvalue weighted by atomic mass is 10.2. The molecular formula is C18H16F4N4O3. The molecule has 1 aliphatic carbocycles. The van der Waals surface area contributed by atoms with Crippen LogP contribution in [-0.4, -0.2) is 34.9 Å².